The highest BCUT2D eigenvalue weighted by atomic mass is 79.9. The molecule has 0 radical (unpaired) electrons. The Morgan fingerprint density at radius 1 is 1.16 bits per heavy atom. The van der Waals surface area contributed by atoms with E-state index >= 15 is 0 Å². The Morgan fingerprint density at radius 2 is 1.78 bits per heavy atom. The highest BCUT2D eigenvalue weighted by Gasteiger charge is 2.54. The third-order valence-corrected chi connectivity index (χ3v) is 7.41. The van der Waals surface area contributed by atoms with E-state index in [9.17, 15) is 22.4 Å². The molecule has 1 unspecified atom stereocenters. The first kappa shape index (κ1) is 24.4. The van der Waals surface area contributed by atoms with Crippen molar-refractivity contribution >= 4 is 27.6 Å². The van der Waals surface area contributed by atoms with Gasteiger partial charge in [0.05, 0.1) is 16.0 Å². The zero-order valence-electron chi connectivity index (χ0n) is 18.0. The summed E-state index contributed by atoms with van der Waals surface area (Å²) in [7, 11) is 0. The van der Waals surface area contributed by atoms with E-state index in [2.05, 4.69) is 21.8 Å². The highest BCUT2D eigenvalue weighted by Crippen LogP contribution is 2.54. The van der Waals surface area contributed by atoms with E-state index in [-0.39, 0.29) is 16.2 Å². The van der Waals surface area contributed by atoms with Crippen molar-refractivity contribution in [2.45, 2.75) is 51.1 Å². The van der Waals surface area contributed by atoms with Crippen LogP contribution in [0.25, 0.3) is 0 Å². The lowest BCUT2D eigenvalue weighted by Gasteiger charge is -2.49. The Kier molecular flexibility index (Phi) is 6.83. The average molecular weight is 510 g/mol. The molecule has 1 fully saturated rings. The monoisotopic (exact) mass is 509 g/mol. The van der Waals surface area contributed by atoms with Gasteiger partial charge in [0.1, 0.15) is 11.6 Å². The number of hydrogen-bond donors (Lipinski definition) is 1. The summed E-state index contributed by atoms with van der Waals surface area (Å²) in [4.78, 5) is 13.8. The fourth-order valence-corrected chi connectivity index (χ4v) is 5.31. The molecule has 0 aliphatic heterocycles. The molecular weight excluding hydrogens is 486 g/mol. The number of alkyl halides is 3. The SMILES string of the molecule is CCCC1C(=O)[C@H](c2ccc(C(F)(F)F)cc2)[C@@](C)(c2ccc(F)c(Br)c2)[C@@H](C)C1=C=N. The Hall–Kier alpha value is -2.24. The van der Waals surface area contributed by atoms with Gasteiger partial charge in [-0.25, -0.2) is 4.39 Å². The van der Waals surface area contributed by atoms with E-state index in [0.717, 1.165) is 12.1 Å². The maximum Gasteiger partial charge on any atom is 0.416 e. The summed E-state index contributed by atoms with van der Waals surface area (Å²) >= 11 is 3.20. The predicted octanol–water partition coefficient (Wildman–Crippen LogP) is 7.46. The first-order valence-corrected chi connectivity index (χ1v) is 11.2. The fraction of sp³-hybridized carbons (Fsp3) is 0.400. The third kappa shape index (κ3) is 4.08. The molecule has 0 aromatic heterocycles. The Labute approximate surface area is 193 Å². The fourth-order valence-electron chi connectivity index (χ4n) is 4.93. The van der Waals surface area contributed by atoms with Crippen molar-refractivity contribution in [2.75, 3.05) is 0 Å². The van der Waals surface area contributed by atoms with Crippen LogP contribution in [0.15, 0.2) is 52.5 Å². The van der Waals surface area contributed by atoms with Gasteiger partial charge in [-0.15, -0.1) is 0 Å². The van der Waals surface area contributed by atoms with E-state index in [1.165, 1.54) is 18.2 Å². The van der Waals surface area contributed by atoms with E-state index in [0.29, 0.717) is 29.5 Å². The molecule has 2 nitrogen and oxygen atoms in total. The lowest BCUT2D eigenvalue weighted by molar-refractivity contribution is -0.137. The molecule has 1 N–H and O–H groups in total. The molecule has 3 rings (SSSR count). The minimum atomic E-state index is -4.48. The number of Topliss-reactive ketones (excluding diaryl/α,β-unsaturated/α-hetero) is 1. The lowest BCUT2D eigenvalue weighted by atomic mass is 9.52. The molecule has 170 valence electrons. The number of allylic oxidation sites excluding steroid dienone is 1. The largest absolute Gasteiger partial charge is 0.416 e. The summed E-state index contributed by atoms with van der Waals surface area (Å²) in [6.07, 6.45) is -3.23. The van der Waals surface area contributed by atoms with Crippen molar-refractivity contribution in [3.8, 4) is 0 Å². The number of halogens is 5. The summed E-state index contributed by atoms with van der Waals surface area (Å²) in [6.45, 7) is 5.70. The van der Waals surface area contributed by atoms with Gasteiger partial charge in [-0.2, -0.15) is 13.2 Å². The quantitative estimate of drug-likeness (QED) is 0.337. The first-order valence-electron chi connectivity index (χ1n) is 10.4. The second-order valence-electron chi connectivity index (χ2n) is 8.51. The van der Waals surface area contributed by atoms with Gasteiger partial charge < -0.3 is 0 Å². The highest BCUT2D eigenvalue weighted by molar-refractivity contribution is 9.10. The van der Waals surface area contributed by atoms with Crippen molar-refractivity contribution in [1.82, 2.24) is 0 Å². The van der Waals surface area contributed by atoms with Crippen LogP contribution >= 0.6 is 15.9 Å². The second kappa shape index (κ2) is 8.95. The Morgan fingerprint density at radius 3 is 2.28 bits per heavy atom. The summed E-state index contributed by atoms with van der Waals surface area (Å²) in [6, 6.07) is 9.21. The van der Waals surface area contributed by atoms with Crippen LogP contribution in [0.5, 0.6) is 0 Å². The average Bonchev–Trinajstić information content (AvgIpc) is 2.74. The number of benzene rings is 2. The minimum Gasteiger partial charge on any atom is -0.298 e. The van der Waals surface area contributed by atoms with Crippen LogP contribution in [0, 0.1) is 23.1 Å². The number of carbonyl (C=O) groups excluding carboxylic acids is 1. The molecule has 0 amide bonds. The van der Waals surface area contributed by atoms with Crippen LogP contribution < -0.4 is 0 Å². The summed E-state index contributed by atoms with van der Waals surface area (Å²) in [5.41, 5.74) is 0.0137. The maximum absolute atomic E-state index is 14.0. The van der Waals surface area contributed by atoms with Crippen molar-refractivity contribution < 1.29 is 22.4 Å². The molecule has 32 heavy (non-hydrogen) atoms. The summed E-state index contributed by atoms with van der Waals surface area (Å²) in [5, 5.41) is 7.88. The van der Waals surface area contributed by atoms with Gasteiger partial charge in [0.15, 0.2) is 0 Å². The molecule has 1 saturated carbocycles. The molecule has 0 bridgehead atoms. The smallest absolute Gasteiger partial charge is 0.298 e. The van der Waals surface area contributed by atoms with Gasteiger partial charge in [0.2, 0.25) is 0 Å². The molecular formula is C25H24BrF4NO. The number of nitrogens with one attached hydrogen (secondary N) is 1. The number of carbonyl (C=O) groups is 1. The van der Waals surface area contributed by atoms with E-state index in [1.54, 1.807) is 12.1 Å². The summed E-state index contributed by atoms with van der Waals surface area (Å²) in [5.74, 6) is 0.268. The Bertz CT molecular complexity index is 1070. The molecule has 7 heteroatoms. The third-order valence-electron chi connectivity index (χ3n) is 6.80. The molecule has 0 heterocycles. The van der Waals surface area contributed by atoms with Crippen LogP contribution in [0.3, 0.4) is 0 Å². The molecule has 2 aromatic carbocycles. The van der Waals surface area contributed by atoms with E-state index in [4.69, 9.17) is 5.41 Å². The van der Waals surface area contributed by atoms with Crippen LogP contribution in [0.2, 0.25) is 0 Å². The van der Waals surface area contributed by atoms with Crippen molar-refractivity contribution in [3.63, 3.8) is 0 Å². The van der Waals surface area contributed by atoms with Crippen LogP contribution in [0.4, 0.5) is 17.6 Å². The van der Waals surface area contributed by atoms with Crippen molar-refractivity contribution in [3.05, 3.63) is 75.0 Å². The number of rotatable bonds is 4. The van der Waals surface area contributed by atoms with Crippen LogP contribution in [0.1, 0.15) is 56.2 Å². The lowest BCUT2D eigenvalue weighted by Crippen LogP contribution is -2.50. The maximum atomic E-state index is 14.0. The predicted molar refractivity (Wildman–Crippen MR) is 119 cm³/mol. The molecule has 1 aliphatic rings. The molecule has 0 spiro atoms. The zero-order chi connectivity index (χ0) is 23.8. The standard InChI is InChI=1S/C25H24BrF4NO/c1-4-5-18-19(13-31)14(2)24(3,17-10-11-21(27)20(26)12-17)22(23(18)32)15-6-8-16(9-7-15)25(28,29)30/h6-12,14,18,22,31H,4-5H2,1-3H3/t14-,18?,22-,24+/m0/s1. The summed E-state index contributed by atoms with van der Waals surface area (Å²) < 4.78 is 53.6. The molecule has 0 saturated heterocycles. The van der Waals surface area contributed by atoms with E-state index < -0.39 is 34.8 Å². The zero-order valence-corrected chi connectivity index (χ0v) is 19.6. The van der Waals surface area contributed by atoms with Gasteiger partial charge in [-0.3, -0.25) is 10.2 Å². The van der Waals surface area contributed by atoms with Crippen molar-refractivity contribution in [1.29, 1.82) is 5.41 Å². The minimum absolute atomic E-state index is 0.151. The topological polar surface area (TPSA) is 40.9 Å². The van der Waals surface area contributed by atoms with Crippen LogP contribution in [-0.4, -0.2) is 11.7 Å². The number of hydrogen-bond acceptors (Lipinski definition) is 2. The van der Waals surface area contributed by atoms with Crippen molar-refractivity contribution in [2.24, 2.45) is 11.8 Å². The Balaban J connectivity index is 2.25. The molecule has 2 aromatic rings. The van der Waals surface area contributed by atoms with E-state index in [1.807, 2.05) is 20.8 Å². The van der Waals surface area contributed by atoms with Crippen LogP contribution in [-0.2, 0) is 16.4 Å². The normalized spacial score (nSPS) is 26.2. The van der Waals surface area contributed by atoms with Gasteiger partial charge >= 0.3 is 6.18 Å². The van der Waals surface area contributed by atoms with Gasteiger partial charge in [0, 0.05) is 16.9 Å². The number of ketones is 1. The molecule has 4 atom stereocenters. The van der Waals surface area contributed by atoms with Gasteiger partial charge in [0.25, 0.3) is 0 Å². The molecule has 1 aliphatic carbocycles. The van der Waals surface area contributed by atoms with Gasteiger partial charge in [-0.05, 0) is 69.5 Å². The second-order valence-corrected chi connectivity index (χ2v) is 9.36. The van der Waals surface area contributed by atoms with Gasteiger partial charge in [-0.1, -0.05) is 45.4 Å². The first-order chi connectivity index (χ1) is 15.0.